The fourth-order valence-corrected chi connectivity index (χ4v) is 3.50. The summed E-state index contributed by atoms with van der Waals surface area (Å²) in [5.41, 5.74) is 2.79. The molecule has 0 heterocycles. The third kappa shape index (κ3) is 8.12. The van der Waals surface area contributed by atoms with E-state index < -0.39 is 12.1 Å². The molecule has 9 heteroatoms. The Morgan fingerprint density at radius 2 is 1.55 bits per heavy atom. The fourth-order valence-electron chi connectivity index (χ4n) is 3.37. The van der Waals surface area contributed by atoms with Crippen molar-refractivity contribution < 1.29 is 27.5 Å². The molecule has 1 saturated carbocycles. The number of alkyl halides is 3. The molecule has 0 amide bonds. The van der Waals surface area contributed by atoms with Gasteiger partial charge in [-0.2, -0.15) is 13.2 Å². The minimum Gasteiger partial charge on any atom is -0.475 e. The zero-order chi connectivity index (χ0) is 23.0. The second-order valence-corrected chi connectivity index (χ2v) is 7.77. The maximum absolute atomic E-state index is 14.1. The smallest absolute Gasteiger partial charge is 0.475 e. The van der Waals surface area contributed by atoms with E-state index in [4.69, 9.17) is 21.5 Å². The number of halogens is 5. The van der Waals surface area contributed by atoms with Crippen LogP contribution in [0.1, 0.15) is 31.2 Å². The van der Waals surface area contributed by atoms with E-state index in [0.717, 1.165) is 29.5 Å². The molecule has 2 aromatic carbocycles. The molecule has 0 spiro atoms. The summed E-state index contributed by atoms with van der Waals surface area (Å²) in [5.74, 6) is -2.91. The highest BCUT2D eigenvalue weighted by molar-refractivity contribution is 6.30. The Balaban J connectivity index is 0.000000423. The van der Waals surface area contributed by atoms with Crippen molar-refractivity contribution >= 4 is 17.6 Å². The molecule has 1 aliphatic rings. The van der Waals surface area contributed by atoms with Crippen LogP contribution in [-0.2, 0) is 11.3 Å². The first-order chi connectivity index (χ1) is 14.6. The van der Waals surface area contributed by atoms with Gasteiger partial charge in [0.15, 0.2) is 0 Å². The molecule has 0 unspecified atom stereocenters. The minimum atomic E-state index is -5.08. The van der Waals surface area contributed by atoms with Crippen LogP contribution in [0, 0.1) is 5.82 Å². The summed E-state index contributed by atoms with van der Waals surface area (Å²) < 4.78 is 45.9. The van der Waals surface area contributed by atoms with Crippen LogP contribution in [0.2, 0.25) is 5.02 Å². The van der Waals surface area contributed by atoms with Gasteiger partial charge in [0.1, 0.15) is 5.82 Å². The third-order valence-corrected chi connectivity index (χ3v) is 5.43. The van der Waals surface area contributed by atoms with Crippen LogP contribution < -0.4 is 10.6 Å². The minimum absolute atomic E-state index is 0.149. The van der Waals surface area contributed by atoms with E-state index in [1.165, 1.54) is 12.8 Å². The number of hydrogen-bond acceptors (Lipinski definition) is 3. The number of carboxylic acids is 1. The second kappa shape index (κ2) is 11.5. The van der Waals surface area contributed by atoms with E-state index in [9.17, 15) is 17.6 Å². The number of benzene rings is 2. The standard InChI is InChI=1S/C20H24ClFN2.C2HF3O2/c1-23-18-7-9-19(10-8-18)24-13-16-12-15(4-11-20(16)22)14-2-5-17(21)6-3-14;3-2(4,5)1(6)7/h2-6,11-12,18-19,23-24H,7-10,13H2,1H3;(H,6,7). The summed E-state index contributed by atoms with van der Waals surface area (Å²) in [6.07, 6.45) is -0.434. The Morgan fingerprint density at radius 3 is 2.06 bits per heavy atom. The lowest BCUT2D eigenvalue weighted by atomic mass is 9.91. The van der Waals surface area contributed by atoms with Crippen molar-refractivity contribution in [1.29, 1.82) is 0 Å². The molecule has 2 aromatic rings. The largest absolute Gasteiger partial charge is 0.490 e. The first kappa shape index (κ1) is 25.1. The highest BCUT2D eigenvalue weighted by atomic mass is 35.5. The van der Waals surface area contributed by atoms with E-state index in [2.05, 4.69) is 10.6 Å². The summed E-state index contributed by atoms with van der Waals surface area (Å²) in [6, 6.07) is 14.1. The first-order valence-electron chi connectivity index (χ1n) is 9.85. The number of carbonyl (C=O) groups is 1. The molecule has 1 aliphatic carbocycles. The van der Waals surface area contributed by atoms with E-state index in [0.29, 0.717) is 23.7 Å². The van der Waals surface area contributed by atoms with Gasteiger partial charge < -0.3 is 15.7 Å². The lowest BCUT2D eigenvalue weighted by Crippen LogP contribution is -2.38. The number of aliphatic carboxylic acids is 1. The zero-order valence-corrected chi connectivity index (χ0v) is 17.7. The maximum Gasteiger partial charge on any atom is 0.490 e. The lowest BCUT2D eigenvalue weighted by molar-refractivity contribution is -0.192. The maximum atomic E-state index is 14.1. The normalized spacial score (nSPS) is 18.8. The third-order valence-electron chi connectivity index (χ3n) is 5.18. The van der Waals surface area contributed by atoms with Gasteiger partial charge in [-0.15, -0.1) is 0 Å². The van der Waals surface area contributed by atoms with E-state index in [1.54, 1.807) is 6.07 Å². The molecule has 0 saturated heterocycles. The molecule has 0 radical (unpaired) electrons. The molecule has 0 aromatic heterocycles. The van der Waals surface area contributed by atoms with Gasteiger partial charge in [0.2, 0.25) is 0 Å². The average molecular weight is 461 g/mol. The monoisotopic (exact) mass is 460 g/mol. The molecular formula is C22H25ClF4N2O2. The van der Waals surface area contributed by atoms with Crippen LogP contribution >= 0.6 is 11.6 Å². The van der Waals surface area contributed by atoms with Crippen molar-refractivity contribution in [2.75, 3.05) is 7.05 Å². The Hall–Kier alpha value is -2.16. The van der Waals surface area contributed by atoms with Crippen molar-refractivity contribution in [3.63, 3.8) is 0 Å². The van der Waals surface area contributed by atoms with Gasteiger partial charge in [-0.3, -0.25) is 0 Å². The molecular weight excluding hydrogens is 436 g/mol. The van der Waals surface area contributed by atoms with Gasteiger partial charge in [-0.1, -0.05) is 29.8 Å². The van der Waals surface area contributed by atoms with Gasteiger partial charge in [0, 0.05) is 29.2 Å². The van der Waals surface area contributed by atoms with Gasteiger partial charge in [-0.25, -0.2) is 9.18 Å². The van der Waals surface area contributed by atoms with Crippen LogP contribution in [0.5, 0.6) is 0 Å². The van der Waals surface area contributed by atoms with Crippen LogP contribution in [0.15, 0.2) is 42.5 Å². The van der Waals surface area contributed by atoms with Crippen LogP contribution in [0.3, 0.4) is 0 Å². The SMILES string of the molecule is CNC1CCC(NCc2cc(-c3ccc(Cl)cc3)ccc2F)CC1.O=C(O)C(F)(F)F. The summed E-state index contributed by atoms with van der Waals surface area (Å²) in [5, 5.41) is 14.7. The predicted molar refractivity (Wildman–Crippen MR) is 112 cm³/mol. The summed E-state index contributed by atoms with van der Waals surface area (Å²) in [4.78, 5) is 8.90. The van der Waals surface area contributed by atoms with Gasteiger partial charge in [0.05, 0.1) is 0 Å². The quantitative estimate of drug-likeness (QED) is 0.523. The Bertz CT molecular complexity index is 852. The van der Waals surface area contributed by atoms with E-state index in [1.807, 2.05) is 43.4 Å². The summed E-state index contributed by atoms with van der Waals surface area (Å²) in [7, 11) is 2.02. The fraction of sp³-hybridized carbons (Fsp3) is 0.409. The van der Waals surface area contributed by atoms with E-state index in [-0.39, 0.29) is 5.82 Å². The van der Waals surface area contributed by atoms with Crippen molar-refractivity contribution in [2.24, 2.45) is 0 Å². The number of carboxylic acid groups (broad SMARTS) is 1. The Labute approximate surface area is 183 Å². The molecule has 0 atom stereocenters. The molecule has 0 aliphatic heterocycles. The molecule has 1 fully saturated rings. The first-order valence-corrected chi connectivity index (χ1v) is 10.2. The number of hydrogen-bond donors (Lipinski definition) is 3. The predicted octanol–water partition coefficient (Wildman–Crippen LogP) is 5.40. The highest BCUT2D eigenvalue weighted by Gasteiger charge is 2.38. The molecule has 4 nitrogen and oxygen atoms in total. The second-order valence-electron chi connectivity index (χ2n) is 7.33. The van der Waals surface area contributed by atoms with Crippen molar-refractivity contribution in [1.82, 2.24) is 10.6 Å². The molecule has 0 bridgehead atoms. The van der Waals surface area contributed by atoms with Crippen LogP contribution in [-0.4, -0.2) is 36.4 Å². The van der Waals surface area contributed by atoms with Gasteiger partial charge in [-0.05, 0) is 68.1 Å². The Kier molecular flexibility index (Phi) is 9.28. The van der Waals surface area contributed by atoms with Gasteiger partial charge in [0.25, 0.3) is 0 Å². The molecule has 31 heavy (non-hydrogen) atoms. The van der Waals surface area contributed by atoms with Crippen molar-refractivity contribution in [3.8, 4) is 11.1 Å². The topological polar surface area (TPSA) is 61.4 Å². The van der Waals surface area contributed by atoms with Crippen molar-refractivity contribution in [2.45, 2.75) is 50.5 Å². The summed E-state index contributed by atoms with van der Waals surface area (Å²) in [6.45, 7) is 0.572. The lowest BCUT2D eigenvalue weighted by Gasteiger charge is -2.29. The van der Waals surface area contributed by atoms with Gasteiger partial charge >= 0.3 is 12.1 Å². The Morgan fingerprint density at radius 1 is 1.03 bits per heavy atom. The van der Waals surface area contributed by atoms with Crippen LogP contribution in [0.25, 0.3) is 11.1 Å². The van der Waals surface area contributed by atoms with E-state index >= 15 is 0 Å². The zero-order valence-electron chi connectivity index (χ0n) is 17.0. The average Bonchev–Trinajstić information content (AvgIpc) is 2.74. The van der Waals surface area contributed by atoms with Crippen molar-refractivity contribution in [3.05, 3.63) is 58.9 Å². The molecule has 3 rings (SSSR count). The summed E-state index contributed by atoms with van der Waals surface area (Å²) >= 11 is 5.94. The number of rotatable bonds is 5. The highest BCUT2D eigenvalue weighted by Crippen LogP contribution is 2.24. The molecule has 3 N–H and O–H groups in total. The van der Waals surface area contributed by atoms with Crippen LogP contribution in [0.4, 0.5) is 17.6 Å². The number of nitrogens with one attached hydrogen (secondary N) is 2. The molecule has 170 valence electrons.